The molecule has 0 atom stereocenters. The SMILES string of the molecule is Cc1ccc(CNc2ncnc3ccc([N+](=O)[O-])cc23)s1. The lowest BCUT2D eigenvalue weighted by Gasteiger charge is -2.07. The molecule has 0 radical (unpaired) electrons. The van der Waals surface area contributed by atoms with Gasteiger partial charge in [-0.15, -0.1) is 11.3 Å². The van der Waals surface area contributed by atoms with E-state index in [2.05, 4.69) is 34.3 Å². The Morgan fingerprint density at radius 1 is 1.29 bits per heavy atom. The first-order chi connectivity index (χ1) is 10.1. The Hall–Kier alpha value is -2.54. The Labute approximate surface area is 124 Å². The van der Waals surface area contributed by atoms with Gasteiger partial charge in [0, 0.05) is 27.3 Å². The lowest BCUT2D eigenvalue weighted by molar-refractivity contribution is -0.384. The fraction of sp³-hybridized carbons (Fsp3) is 0.143. The van der Waals surface area contributed by atoms with E-state index in [1.54, 1.807) is 17.4 Å². The molecule has 0 unspecified atom stereocenters. The van der Waals surface area contributed by atoms with Crippen molar-refractivity contribution in [1.29, 1.82) is 0 Å². The van der Waals surface area contributed by atoms with Crippen LogP contribution < -0.4 is 5.32 Å². The molecule has 2 heterocycles. The summed E-state index contributed by atoms with van der Waals surface area (Å²) in [5, 5.41) is 14.8. The average Bonchev–Trinajstić information content (AvgIpc) is 2.90. The zero-order chi connectivity index (χ0) is 14.8. The number of thiophene rings is 1. The average molecular weight is 300 g/mol. The number of aromatic nitrogens is 2. The van der Waals surface area contributed by atoms with Gasteiger partial charge in [0.1, 0.15) is 12.1 Å². The van der Waals surface area contributed by atoms with E-state index in [-0.39, 0.29) is 5.69 Å². The highest BCUT2D eigenvalue weighted by molar-refractivity contribution is 7.11. The Morgan fingerprint density at radius 3 is 2.86 bits per heavy atom. The van der Waals surface area contributed by atoms with Crippen molar-refractivity contribution < 1.29 is 4.92 Å². The lowest BCUT2D eigenvalue weighted by atomic mass is 10.2. The maximum atomic E-state index is 10.9. The number of nitrogens with zero attached hydrogens (tertiary/aromatic N) is 3. The van der Waals surface area contributed by atoms with Crippen LogP contribution in [0.1, 0.15) is 9.75 Å². The first-order valence-corrected chi connectivity index (χ1v) is 7.13. The quantitative estimate of drug-likeness (QED) is 0.589. The van der Waals surface area contributed by atoms with Crippen LogP contribution >= 0.6 is 11.3 Å². The van der Waals surface area contributed by atoms with E-state index in [0.29, 0.717) is 23.3 Å². The molecule has 0 aliphatic rings. The Morgan fingerprint density at radius 2 is 2.14 bits per heavy atom. The zero-order valence-corrected chi connectivity index (χ0v) is 12.1. The topological polar surface area (TPSA) is 81.0 Å². The van der Waals surface area contributed by atoms with Crippen molar-refractivity contribution in [3.8, 4) is 0 Å². The second-order valence-electron chi connectivity index (χ2n) is 4.55. The van der Waals surface area contributed by atoms with Crippen molar-refractivity contribution in [2.24, 2.45) is 0 Å². The van der Waals surface area contributed by atoms with Gasteiger partial charge >= 0.3 is 0 Å². The maximum Gasteiger partial charge on any atom is 0.270 e. The van der Waals surface area contributed by atoms with Crippen molar-refractivity contribution in [3.05, 3.63) is 56.5 Å². The van der Waals surface area contributed by atoms with Gasteiger partial charge in [0.25, 0.3) is 5.69 Å². The third-order valence-corrected chi connectivity index (χ3v) is 4.06. The van der Waals surface area contributed by atoms with Crippen LogP contribution in [0.5, 0.6) is 0 Å². The van der Waals surface area contributed by atoms with Crippen LogP contribution in [-0.2, 0) is 6.54 Å². The maximum absolute atomic E-state index is 10.9. The summed E-state index contributed by atoms with van der Waals surface area (Å²) in [5.74, 6) is 0.606. The molecule has 0 aliphatic heterocycles. The molecule has 0 saturated carbocycles. The van der Waals surface area contributed by atoms with Gasteiger partial charge in [0.15, 0.2) is 0 Å². The molecule has 0 saturated heterocycles. The molecule has 7 heteroatoms. The molecule has 2 aromatic heterocycles. The van der Waals surface area contributed by atoms with Gasteiger partial charge in [0.05, 0.1) is 17.0 Å². The monoisotopic (exact) mass is 300 g/mol. The van der Waals surface area contributed by atoms with Crippen molar-refractivity contribution in [3.63, 3.8) is 0 Å². The molecule has 21 heavy (non-hydrogen) atoms. The van der Waals surface area contributed by atoms with Crippen LogP contribution in [0.2, 0.25) is 0 Å². The molecular weight excluding hydrogens is 288 g/mol. The molecule has 3 rings (SSSR count). The van der Waals surface area contributed by atoms with Crippen molar-refractivity contribution >= 4 is 33.7 Å². The van der Waals surface area contributed by atoms with E-state index in [4.69, 9.17) is 0 Å². The van der Waals surface area contributed by atoms with Gasteiger partial charge in [-0.2, -0.15) is 0 Å². The van der Waals surface area contributed by atoms with Gasteiger partial charge in [0.2, 0.25) is 0 Å². The number of benzene rings is 1. The standard InChI is InChI=1S/C14H12N4O2S/c1-9-2-4-11(21-9)7-15-14-12-6-10(18(19)20)3-5-13(12)16-8-17-14/h2-6,8H,7H2,1H3,(H,15,16,17). The van der Waals surface area contributed by atoms with Crippen LogP contribution in [0.4, 0.5) is 11.5 Å². The second-order valence-corrected chi connectivity index (χ2v) is 5.92. The number of aryl methyl sites for hydroxylation is 1. The number of nitro benzene ring substituents is 1. The van der Waals surface area contributed by atoms with Gasteiger partial charge in [-0.25, -0.2) is 9.97 Å². The number of nitrogens with one attached hydrogen (secondary N) is 1. The van der Waals surface area contributed by atoms with E-state index < -0.39 is 4.92 Å². The van der Waals surface area contributed by atoms with Gasteiger partial charge < -0.3 is 5.32 Å². The third kappa shape index (κ3) is 2.82. The van der Waals surface area contributed by atoms with Gasteiger partial charge in [-0.05, 0) is 25.1 Å². The smallest absolute Gasteiger partial charge is 0.270 e. The molecule has 0 fully saturated rings. The number of hydrogen-bond donors (Lipinski definition) is 1. The predicted molar refractivity (Wildman–Crippen MR) is 82.6 cm³/mol. The molecule has 106 valence electrons. The van der Waals surface area contributed by atoms with Gasteiger partial charge in [-0.1, -0.05) is 0 Å². The number of fused-ring (bicyclic) bond motifs is 1. The van der Waals surface area contributed by atoms with Crippen LogP contribution in [0.3, 0.4) is 0 Å². The summed E-state index contributed by atoms with van der Waals surface area (Å²) in [6.45, 7) is 2.69. The van der Waals surface area contributed by atoms with Crippen molar-refractivity contribution in [2.75, 3.05) is 5.32 Å². The highest BCUT2D eigenvalue weighted by Crippen LogP contribution is 2.25. The van der Waals surface area contributed by atoms with E-state index in [0.717, 1.165) is 0 Å². The number of anilines is 1. The number of rotatable bonds is 4. The summed E-state index contributed by atoms with van der Waals surface area (Å²) in [6, 6.07) is 8.69. The highest BCUT2D eigenvalue weighted by atomic mass is 32.1. The fourth-order valence-corrected chi connectivity index (χ4v) is 2.88. The van der Waals surface area contributed by atoms with Crippen molar-refractivity contribution in [2.45, 2.75) is 13.5 Å². The molecule has 0 aliphatic carbocycles. The zero-order valence-electron chi connectivity index (χ0n) is 11.2. The largest absolute Gasteiger partial charge is 0.365 e. The number of non-ortho nitro benzene ring substituents is 1. The summed E-state index contributed by atoms with van der Waals surface area (Å²) in [6.07, 6.45) is 1.45. The second kappa shape index (κ2) is 5.45. The molecule has 1 N–H and O–H groups in total. The Bertz CT molecular complexity index is 816. The Kier molecular flexibility index (Phi) is 3.49. The van der Waals surface area contributed by atoms with Crippen LogP contribution in [-0.4, -0.2) is 14.9 Å². The normalized spacial score (nSPS) is 10.7. The van der Waals surface area contributed by atoms with E-state index >= 15 is 0 Å². The molecule has 6 nitrogen and oxygen atoms in total. The first kappa shape index (κ1) is 13.4. The van der Waals surface area contributed by atoms with Crippen LogP contribution in [0, 0.1) is 17.0 Å². The molecule has 3 aromatic rings. The fourth-order valence-electron chi connectivity index (χ4n) is 2.05. The molecule has 0 bridgehead atoms. The molecule has 0 spiro atoms. The number of nitro groups is 1. The van der Waals surface area contributed by atoms with E-state index in [1.807, 2.05) is 0 Å². The summed E-state index contributed by atoms with van der Waals surface area (Å²) in [7, 11) is 0. The van der Waals surface area contributed by atoms with E-state index in [9.17, 15) is 10.1 Å². The summed E-state index contributed by atoms with van der Waals surface area (Å²) < 4.78 is 0. The van der Waals surface area contributed by atoms with Crippen LogP contribution in [0.15, 0.2) is 36.7 Å². The predicted octanol–water partition coefficient (Wildman–Crippen LogP) is 3.52. The van der Waals surface area contributed by atoms with Crippen LogP contribution in [0.25, 0.3) is 10.9 Å². The minimum atomic E-state index is -0.418. The summed E-state index contributed by atoms with van der Waals surface area (Å²) >= 11 is 1.71. The number of hydrogen-bond acceptors (Lipinski definition) is 6. The summed E-state index contributed by atoms with van der Waals surface area (Å²) in [4.78, 5) is 21.2. The first-order valence-electron chi connectivity index (χ1n) is 6.32. The molecule has 0 amide bonds. The third-order valence-electron chi connectivity index (χ3n) is 3.06. The Balaban J connectivity index is 1.93. The summed E-state index contributed by atoms with van der Waals surface area (Å²) in [5.41, 5.74) is 0.716. The van der Waals surface area contributed by atoms with Crippen molar-refractivity contribution in [1.82, 2.24) is 9.97 Å². The lowest BCUT2D eigenvalue weighted by Crippen LogP contribution is -2.01. The minimum absolute atomic E-state index is 0.0346. The molecular formula is C14H12N4O2S. The molecule has 1 aromatic carbocycles. The van der Waals surface area contributed by atoms with E-state index in [1.165, 1.54) is 28.2 Å². The highest BCUT2D eigenvalue weighted by Gasteiger charge is 2.10. The minimum Gasteiger partial charge on any atom is -0.365 e. The van der Waals surface area contributed by atoms with Gasteiger partial charge in [-0.3, -0.25) is 10.1 Å².